The molecule has 2 aromatic carbocycles. The van der Waals surface area contributed by atoms with E-state index >= 15 is 0 Å². The molecule has 5 nitrogen and oxygen atoms in total. The van der Waals surface area contributed by atoms with Gasteiger partial charge < -0.3 is 0 Å². The van der Waals surface area contributed by atoms with Crippen LogP contribution in [0, 0.1) is 6.92 Å². The first-order valence-corrected chi connectivity index (χ1v) is 9.88. The van der Waals surface area contributed by atoms with Gasteiger partial charge in [-0.05, 0) is 30.5 Å². The first-order chi connectivity index (χ1) is 13.1. The molecule has 2 aromatic heterocycles. The molecule has 0 unspecified atom stereocenters. The van der Waals surface area contributed by atoms with Crippen LogP contribution in [0.3, 0.4) is 0 Å². The van der Waals surface area contributed by atoms with E-state index in [2.05, 4.69) is 59.5 Å². The van der Waals surface area contributed by atoms with Crippen LogP contribution in [0.15, 0.2) is 64.5 Å². The van der Waals surface area contributed by atoms with Gasteiger partial charge in [0.15, 0.2) is 0 Å². The molecule has 136 valence electrons. The number of fused-ring (bicyclic) bond motifs is 1. The second kappa shape index (κ2) is 7.40. The third-order valence-electron chi connectivity index (χ3n) is 4.48. The van der Waals surface area contributed by atoms with Gasteiger partial charge in [0, 0.05) is 11.3 Å². The number of nitrogens with zero attached hydrogens (tertiary/aromatic N) is 3. The zero-order chi connectivity index (χ0) is 18.8. The average Bonchev–Trinajstić information content (AvgIpc) is 3.14. The number of rotatable bonds is 5. The van der Waals surface area contributed by atoms with Crippen LogP contribution in [0.5, 0.6) is 0 Å². The van der Waals surface area contributed by atoms with E-state index in [-0.39, 0.29) is 5.56 Å². The molecular formula is C21H20N4OS. The summed E-state index contributed by atoms with van der Waals surface area (Å²) in [6, 6.07) is 18.5. The van der Waals surface area contributed by atoms with Crippen molar-refractivity contribution in [3.63, 3.8) is 0 Å². The quantitative estimate of drug-likeness (QED) is 0.529. The normalized spacial score (nSPS) is 11.2. The number of benzene rings is 2. The van der Waals surface area contributed by atoms with Gasteiger partial charge >= 0.3 is 0 Å². The number of hydrogen-bond acceptors (Lipinski definition) is 4. The molecule has 0 saturated carbocycles. The van der Waals surface area contributed by atoms with Crippen molar-refractivity contribution in [3.05, 3.63) is 81.6 Å². The fourth-order valence-electron chi connectivity index (χ4n) is 2.99. The third-order valence-corrected chi connectivity index (χ3v) is 5.48. The number of aromatic nitrogens is 4. The number of nitrogens with one attached hydrogen (secondary N) is 1. The zero-order valence-electron chi connectivity index (χ0n) is 15.3. The van der Waals surface area contributed by atoms with Gasteiger partial charge in [0.05, 0.1) is 5.69 Å². The lowest BCUT2D eigenvalue weighted by atomic mass is 10.1. The maximum absolute atomic E-state index is 12.2. The standard InChI is InChI=1S/C21H20N4OS/c1-3-15-7-9-17(10-8-15)18-12-19-20(26)22-23-21(25(19)24-18)27-13-16-6-4-5-14(2)11-16/h4-12H,3,13H2,1-2H3,(H,22,26). The lowest BCUT2D eigenvalue weighted by Crippen LogP contribution is -2.13. The molecule has 27 heavy (non-hydrogen) atoms. The van der Waals surface area contributed by atoms with Gasteiger partial charge in [-0.1, -0.05) is 72.8 Å². The Hall–Kier alpha value is -2.86. The van der Waals surface area contributed by atoms with Crippen LogP contribution < -0.4 is 5.56 Å². The summed E-state index contributed by atoms with van der Waals surface area (Å²) in [7, 11) is 0. The van der Waals surface area contributed by atoms with Crippen molar-refractivity contribution >= 4 is 17.3 Å². The molecule has 0 fully saturated rings. The van der Waals surface area contributed by atoms with Gasteiger partial charge in [-0.3, -0.25) is 4.79 Å². The summed E-state index contributed by atoms with van der Waals surface area (Å²) in [6.07, 6.45) is 0.995. The molecule has 0 amide bonds. The van der Waals surface area contributed by atoms with Crippen molar-refractivity contribution in [2.45, 2.75) is 31.2 Å². The molecule has 2 heterocycles. The minimum absolute atomic E-state index is 0.237. The second-order valence-corrected chi connectivity index (χ2v) is 7.43. The molecule has 0 aliphatic heterocycles. The Kier molecular flexibility index (Phi) is 4.81. The number of hydrogen-bond donors (Lipinski definition) is 1. The van der Waals surface area contributed by atoms with E-state index in [9.17, 15) is 4.79 Å². The summed E-state index contributed by atoms with van der Waals surface area (Å²) in [5.74, 6) is 0.760. The molecule has 1 N–H and O–H groups in total. The Balaban J connectivity index is 1.68. The fourth-order valence-corrected chi connectivity index (χ4v) is 3.83. The van der Waals surface area contributed by atoms with Gasteiger partial charge in [0.1, 0.15) is 5.52 Å². The van der Waals surface area contributed by atoms with Crippen molar-refractivity contribution < 1.29 is 0 Å². The first-order valence-electron chi connectivity index (χ1n) is 8.90. The van der Waals surface area contributed by atoms with Crippen LogP contribution in [-0.4, -0.2) is 19.8 Å². The molecule has 0 spiro atoms. The molecule has 0 saturated heterocycles. The predicted octanol–water partition coefficient (Wildman–Crippen LogP) is 4.25. The summed E-state index contributed by atoms with van der Waals surface area (Å²) in [4.78, 5) is 12.2. The molecule has 4 rings (SSSR count). The van der Waals surface area contributed by atoms with Crippen molar-refractivity contribution in [3.8, 4) is 11.3 Å². The molecule has 0 aliphatic carbocycles. The molecule has 0 bridgehead atoms. The van der Waals surface area contributed by atoms with E-state index in [1.165, 1.54) is 16.7 Å². The van der Waals surface area contributed by atoms with Gasteiger partial charge in [0.2, 0.25) is 5.16 Å². The minimum atomic E-state index is -0.237. The maximum Gasteiger partial charge on any atom is 0.290 e. The summed E-state index contributed by atoms with van der Waals surface area (Å²) < 4.78 is 1.64. The van der Waals surface area contributed by atoms with Crippen LogP contribution in [-0.2, 0) is 12.2 Å². The van der Waals surface area contributed by atoms with Crippen molar-refractivity contribution in [1.29, 1.82) is 0 Å². The van der Waals surface area contributed by atoms with Gasteiger partial charge in [-0.2, -0.15) is 5.10 Å². The lowest BCUT2D eigenvalue weighted by Gasteiger charge is -2.04. The molecule has 0 atom stereocenters. The number of H-pyrrole nitrogens is 1. The fraction of sp³-hybridized carbons (Fsp3) is 0.190. The Morgan fingerprint density at radius 2 is 1.89 bits per heavy atom. The van der Waals surface area contributed by atoms with E-state index < -0.39 is 0 Å². The molecule has 0 radical (unpaired) electrons. The predicted molar refractivity (Wildman–Crippen MR) is 109 cm³/mol. The summed E-state index contributed by atoms with van der Waals surface area (Å²) in [5.41, 5.74) is 5.74. The first kappa shape index (κ1) is 17.5. The second-order valence-electron chi connectivity index (χ2n) is 6.49. The van der Waals surface area contributed by atoms with Crippen LogP contribution in [0.4, 0.5) is 0 Å². The number of thioether (sulfide) groups is 1. The van der Waals surface area contributed by atoms with E-state index in [1.807, 2.05) is 24.3 Å². The topological polar surface area (TPSA) is 63.0 Å². The van der Waals surface area contributed by atoms with Gasteiger partial charge in [0.25, 0.3) is 5.56 Å². The van der Waals surface area contributed by atoms with E-state index in [4.69, 9.17) is 0 Å². The maximum atomic E-state index is 12.2. The van der Waals surface area contributed by atoms with Crippen LogP contribution in [0.2, 0.25) is 0 Å². The Bertz CT molecular complexity index is 1150. The highest BCUT2D eigenvalue weighted by molar-refractivity contribution is 7.98. The van der Waals surface area contributed by atoms with E-state index in [0.717, 1.165) is 23.4 Å². The minimum Gasteiger partial charge on any atom is -0.266 e. The van der Waals surface area contributed by atoms with E-state index in [0.29, 0.717) is 10.7 Å². The Morgan fingerprint density at radius 3 is 2.63 bits per heavy atom. The van der Waals surface area contributed by atoms with Gasteiger partial charge in [-0.15, -0.1) is 5.10 Å². The zero-order valence-corrected chi connectivity index (χ0v) is 16.1. The number of aromatic amines is 1. The highest BCUT2D eigenvalue weighted by atomic mass is 32.2. The lowest BCUT2D eigenvalue weighted by molar-refractivity contribution is 0.728. The third kappa shape index (κ3) is 3.66. The monoisotopic (exact) mass is 376 g/mol. The summed E-state index contributed by atoms with van der Waals surface area (Å²) >= 11 is 1.55. The Labute approximate surface area is 161 Å². The smallest absolute Gasteiger partial charge is 0.266 e. The number of aryl methyl sites for hydroxylation is 2. The van der Waals surface area contributed by atoms with Crippen LogP contribution in [0.1, 0.15) is 23.6 Å². The average molecular weight is 376 g/mol. The van der Waals surface area contributed by atoms with Crippen molar-refractivity contribution in [1.82, 2.24) is 19.8 Å². The Morgan fingerprint density at radius 1 is 1.07 bits per heavy atom. The SMILES string of the molecule is CCc1ccc(-c2cc3c(=O)[nH]nc(SCc4cccc(C)c4)n3n2)cc1. The molecule has 6 heteroatoms. The van der Waals surface area contributed by atoms with Crippen molar-refractivity contribution in [2.24, 2.45) is 0 Å². The van der Waals surface area contributed by atoms with Crippen molar-refractivity contribution in [2.75, 3.05) is 0 Å². The molecule has 0 aliphatic rings. The van der Waals surface area contributed by atoms with E-state index in [1.54, 1.807) is 16.3 Å². The highest BCUT2D eigenvalue weighted by Crippen LogP contribution is 2.24. The molecular weight excluding hydrogens is 356 g/mol. The molecule has 4 aromatic rings. The van der Waals surface area contributed by atoms with Gasteiger partial charge in [-0.25, -0.2) is 9.61 Å². The largest absolute Gasteiger partial charge is 0.290 e. The summed E-state index contributed by atoms with van der Waals surface area (Å²) in [6.45, 7) is 4.21. The van der Waals surface area contributed by atoms with Crippen LogP contribution >= 0.6 is 11.8 Å². The highest BCUT2D eigenvalue weighted by Gasteiger charge is 2.12. The summed E-state index contributed by atoms with van der Waals surface area (Å²) in [5, 5.41) is 12.1. The van der Waals surface area contributed by atoms with Crippen LogP contribution in [0.25, 0.3) is 16.8 Å².